The maximum Gasteiger partial charge on any atom is 0.0799 e. The molecule has 0 spiro atoms. The Hall–Kier alpha value is -0.340. The van der Waals surface area contributed by atoms with Gasteiger partial charge in [-0.05, 0) is 37.0 Å². The first-order valence-electron chi connectivity index (χ1n) is 9.60. The monoisotopic (exact) mass is 312 g/mol. The highest BCUT2D eigenvalue weighted by molar-refractivity contribution is 4.91. The molecular weight excluding hydrogens is 272 g/mol. The first kappa shape index (κ1) is 21.7. The van der Waals surface area contributed by atoms with Crippen LogP contribution < -0.4 is 0 Å². The molecule has 0 aromatic rings. The number of hydrogen-bond donors (Lipinski definition) is 2. The molecule has 0 aliphatic heterocycles. The first-order valence-corrected chi connectivity index (χ1v) is 9.60. The number of hydrogen-bond acceptors (Lipinski definition) is 2. The summed E-state index contributed by atoms with van der Waals surface area (Å²) in [5.41, 5.74) is 0. The van der Waals surface area contributed by atoms with Crippen LogP contribution in [0.3, 0.4) is 0 Å². The molecule has 132 valence electrons. The van der Waals surface area contributed by atoms with Crippen LogP contribution in [-0.4, -0.2) is 22.9 Å². The van der Waals surface area contributed by atoms with Crippen LogP contribution in [0.1, 0.15) is 85.0 Å². The lowest BCUT2D eigenvalue weighted by Crippen LogP contribution is -2.23. The van der Waals surface area contributed by atoms with E-state index in [2.05, 4.69) is 13.5 Å². The summed E-state index contributed by atoms with van der Waals surface area (Å²) in [7, 11) is 0. The molecule has 0 saturated heterocycles. The lowest BCUT2D eigenvalue weighted by atomic mass is 9.96. The lowest BCUT2D eigenvalue weighted by Gasteiger charge is -2.16. The van der Waals surface area contributed by atoms with Crippen molar-refractivity contribution in [1.29, 1.82) is 0 Å². The summed E-state index contributed by atoms with van der Waals surface area (Å²) in [6.07, 6.45) is 14.7. The van der Waals surface area contributed by atoms with Crippen LogP contribution in [0.5, 0.6) is 0 Å². The van der Waals surface area contributed by atoms with Crippen LogP contribution in [-0.2, 0) is 0 Å². The van der Waals surface area contributed by atoms with Crippen LogP contribution >= 0.6 is 0 Å². The fraction of sp³-hybridized carbons (Fsp3) is 0.900. The zero-order chi connectivity index (χ0) is 16.8. The SMILES string of the molecule is C=CCCCCCCCCCC1CC1C(C)C(O)CO.CC. The predicted molar refractivity (Wildman–Crippen MR) is 97.0 cm³/mol. The molecule has 4 unspecified atom stereocenters. The number of allylic oxidation sites excluding steroid dienone is 1. The highest BCUT2D eigenvalue weighted by Crippen LogP contribution is 2.48. The second-order valence-corrected chi connectivity index (χ2v) is 6.61. The Morgan fingerprint density at radius 3 is 2.14 bits per heavy atom. The van der Waals surface area contributed by atoms with E-state index >= 15 is 0 Å². The second-order valence-electron chi connectivity index (χ2n) is 6.61. The quantitative estimate of drug-likeness (QED) is 0.356. The molecule has 0 aromatic heterocycles. The van der Waals surface area contributed by atoms with E-state index in [9.17, 15) is 5.11 Å². The predicted octanol–water partition coefficient (Wildman–Crippen LogP) is 5.33. The van der Waals surface area contributed by atoms with Gasteiger partial charge in [0.2, 0.25) is 0 Å². The highest BCUT2D eigenvalue weighted by atomic mass is 16.3. The summed E-state index contributed by atoms with van der Waals surface area (Å²) in [5.74, 6) is 1.75. The van der Waals surface area contributed by atoms with Crippen molar-refractivity contribution < 1.29 is 10.2 Å². The molecule has 1 saturated carbocycles. The van der Waals surface area contributed by atoms with E-state index in [0.29, 0.717) is 5.92 Å². The van der Waals surface area contributed by atoms with Crippen LogP contribution in [0.25, 0.3) is 0 Å². The molecule has 0 heterocycles. The van der Waals surface area contributed by atoms with Crippen molar-refractivity contribution in [1.82, 2.24) is 0 Å². The van der Waals surface area contributed by atoms with Gasteiger partial charge in [-0.25, -0.2) is 0 Å². The van der Waals surface area contributed by atoms with Crippen molar-refractivity contribution in [2.24, 2.45) is 17.8 Å². The Bertz CT molecular complexity index is 252. The van der Waals surface area contributed by atoms with E-state index < -0.39 is 6.10 Å². The summed E-state index contributed by atoms with van der Waals surface area (Å²) in [6.45, 7) is 9.74. The summed E-state index contributed by atoms with van der Waals surface area (Å²) in [6, 6.07) is 0. The summed E-state index contributed by atoms with van der Waals surface area (Å²) in [4.78, 5) is 0. The van der Waals surface area contributed by atoms with Crippen LogP contribution in [0.4, 0.5) is 0 Å². The van der Waals surface area contributed by atoms with Gasteiger partial charge in [-0.15, -0.1) is 6.58 Å². The fourth-order valence-electron chi connectivity index (χ4n) is 3.28. The van der Waals surface area contributed by atoms with Gasteiger partial charge in [0.25, 0.3) is 0 Å². The fourth-order valence-corrected chi connectivity index (χ4v) is 3.28. The number of rotatable bonds is 13. The van der Waals surface area contributed by atoms with Gasteiger partial charge in [-0.3, -0.25) is 0 Å². The standard InChI is InChI=1S/C18H34O2.C2H6/c1-3-4-5-6-7-8-9-10-11-12-16-13-17(16)15(2)18(20)14-19;1-2/h3,15-20H,1,4-14H2,2H3;1-2H3. The second kappa shape index (κ2) is 14.3. The maximum absolute atomic E-state index is 9.63. The van der Waals surface area contributed by atoms with Crippen molar-refractivity contribution in [3.63, 3.8) is 0 Å². The maximum atomic E-state index is 9.63. The first-order chi connectivity index (χ1) is 10.7. The van der Waals surface area contributed by atoms with Gasteiger partial charge in [0.05, 0.1) is 12.7 Å². The van der Waals surface area contributed by atoms with Crippen LogP contribution in [0, 0.1) is 17.8 Å². The molecule has 0 amide bonds. The molecule has 1 aliphatic rings. The Labute approximate surface area is 139 Å². The van der Waals surface area contributed by atoms with E-state index in [1.807, 2.05) is 19.9 Å². The van der Waals surface area contributed by atoms with Gasteiger partial charge in [-0.2, -0.15) is 0 Å². The Kier molecular flexibility index (Phi) is 14.0. The zero-order valence-electron chi connectivity index (χ0n) is 15.3. The molecule has 1 fully saturated rings. The molecule has 1 rings (SSSR count). The smallest absolute Gasteiger partial charge is 0.0799 e. The molecule has 0 radical (unpaired) electrons. The summed E-state index contributed by atoms with van der Waals surface area (Å²) in [5, 5.41) is 18.6. The van der Waals surface area contributed by atoms with E-state index in [1.165, 1.54) is 64.2 Å². The molecule has 22 heavy (non-hydrogen) atoms. The molecule has 2 nitrogen and oxygen atoms in total. The van der Waals surface area contributed by atoms with Gasteiger partial charge in [0.1, 0.15) is 0 Å². The third-order valence-corrected chi connectivity index (χ3v) is 4.93. The van der Waals surface area contributed by atoms with Gasteiger partial charge < -0.3 is 10.2 Å². The highest BCUT2D eigenvalue weighted by Gasteiger charge is 2.42. The van der Waals surface area contributed by atoms with Crippen molar-refractivity contribution >= 4 is 0 Å². The molecule has 4 atom stereocenters. The molecule has 2 heteroatoms. The van der Waals surface area contributed by atoms with Crippen molar-refractivity contribution in [3.05, 3.63) is 12.7 Å². The minimum Gasteiger partial charge on any atom is -0.394 e. The molecule has 0 aromatic carbocycles. The van der Waals surface area contributed by atoms with Crippen molar-refractivity contribution in [2.45, 2.75) is 91.1 Å². The third-order valence-electron chi connectivity index (χ3n) is 4.93. The average molecular weight is 313 g/mol. The largest absolute Gasteiger partial charge is 0.394 e. The normalized spacial score (nSPS) is 22.4. The number of aliphatic hydroxyl groups is 2. The summed E-state index contributed by atoms with van der Waals surface area (Å²) < 4.78 is 0. The van der Waals surface area contributed by atoms with Crippen LogP contribution in [0.2, 0.25) is 0 Å². The Balaban J connectivity index is 0.00000211. The Morgan fingerprint density at radius 2 is 1.59 bits per heavy atom. The molecule has 2 N–H and O–H groups in total. The van der Waals surface area contributed by atoms with Gasteiger partial charge in [0.15, 0.2) is 0 Å². The van der Waals surface area contributed by atoms with Crippen molar-refractivity contribution in [2.75, 3.05) is 6.61 Å². The zero-order valence-corrected chi connectivity index (χ0v) is 15.3. The van der Waals surface area contributed by atoms with Gasteiger partial charge in [-0.1, -0.05) is 71.8 Å². The van der Waals surface area contributed by atoms with E-state index in [4.69, 9.17) is 5.11 Å². The van der Waals surface area contributed by atoms with Crippen molar-refractivity contribution in [3.8, 4) is 0 Å². The number of aliphatic hydroxyl groups excluding tert-OH is 2. The minimum atomic E-state index is -0.513. The minimum absolute atomic E-state index is 0.0871. The topological polar surface area (TPSA) is 40.5 Å². The molecule has 0 bridgehead atoms. The average Bonchev–Trinajstić information content (AvgIpc) is 3.33. The summed E-state index contributed by atoms with van der Waals surface area (Å²) >= 11 is 0. The van der Waals surface area contributed by atoms with E-state index in [0.717, 1.165) is 5.92 Å². The van der Waals surface area contributed by atoms with E-state index in [1.54, 1.807) is 0 Å². The number of unbranched alkanes of at least 4 members (excludes halogenated alkanes) is 7. The van der Waals surface area contributed by atoms with E-state index in [-0.39, 0.29) is 12.5 Å². The Morgan fingerprint density at radius 1 is 1.05 bits per heavy atom. The molecular formula is C20H40O2. The van der Waals surface area contributed by atoms with Gasteiger partial charge >= 0.3 is 0 Å². The van der Waals surface area contributed by atoms with Crippen LogP contribution in [0.15, 0.2) is 12.7 Å². The lowest BCUT2D eigenvalue weighted by molar-refractivity contribution is 0.0433. The third kappa shape index (κ3) is 9.63. The molecule has 1 aliphatic carbocycles. The van der Waals surface area contributed by atoms with Gasteiger partial charge in [0, 0.05) is 0 Å².